The van der Waals surface area contributed by atoms with Gasteiger partial charge in [0.1, 0.15) is 5.69 Å². The lowest BCUT2D eigenvalue weighted by Gasteiger charge is -2.08. The number of carbonyl (C=O) groups is 1. The summed E-state index contributed by atoms with van der Waals surface area (Å²) >= 11 is 0. The highest BCUT2D eigenvalue weighted by Gasteiger charge is 2.35. The summed E-state index contributed by atoms with van der Waals surface area (Å²) in [6.07, 6.45) is -2.06. The molecule has 0 saturated heterocycles. The molecule has 0 amide bonds. The molecule has 0 atom stereocenters. The van der Waals surface area contributed by atoms with E-state index in [1.165, 1.54) is 16.8 Å². The Balaban J connectivity index is 1.79. The van der Waals surface area contributed by atoms with Gasteiger partial charge in [0.15, 0.2) is 0 Å². The van der Waals surface area contributed by atoms with Gasteiger partial charge in [-0.2, -0.15) is 18.3 Å². The summed E-state index contributed by atoms with van der Waals surface area (Å²) in [5.41, 5.74) is -1.25. The molecule has 124 valence electrons. The van der Waals surface area contributed by atoms with E-state index in [1.807, 2.05) is 5.10 Å². The number of ether oxygens (including phenoxy) is 1. The maximum atomic E-state index is 12.6. The van der Waals surface area contributed by atoms with E-state index in [0.29, 0.717) is 0 Å². The minimum atomic E-state index is -4.52. The number of pyridine rings is 1. The van der Waals surface area contributed by atoms with Crippen molar-refractivity contribution in [3.63, 3.8) is 0 Å². The fraction of sp³-hybridized carbons (Fsp3) is 0.357. The van der Waals surface area contributed by atoms with Crippen LogP contribution in [-0.2, 0) is 28.7 Å². The third kappa shape index (κ3) is 4.70. The fourth-order valence-corrected chi connectivity index (χ4v) is 1.95. The molecule has 2 aromatic heterocycles. The first-order valence-corrected chi connectivity index (χ1v) is 6.78. The molecule has 0 spiro atoms. The Bertz CT molecular complexity index is 722. The van der Waals surface area contributed by atoms with Crippen LogP contribution in [0, 0.1) is 0 Å². The lowest BCUT2D eigenvalue weighted by molar-refractivity contribution is -0.144. The van der Waals surface area contributed by atoms with Gasteiger partial charge in [-0.3, -0.25) is 14.7 Å². The van der Waals surface area contributed by atoms with Gasteiger partial charge in [0.25, 0.3) is 5.56 Å². The molecular formula is C14H14F3N3O3. The Morgan fingerprint density at radius 3 is 2.83 bits per heavy atom. The first-order chi connectivity index (χ1) is 10.9. The highest BCUT2D eigenvalue weighted by Crippen LogP contribution is 2.30. The Hall–Kier alpha value is -2.58. The Kier molecular flexibility index (Phi) is 5.20. The molecule has 1 N–H and O–H groups in total. The van der Waals surface area contributed by atoms with Crippen molar-refractivity contribution in [3.8, 4) is 0 Å². The van der Waals surface area contributed by atoms with E-state index in [2.05, 4.69) is 5.10 Å². The molecular weight excluding hydrogens is 315 g/mol. The first-order valence-electron chi connectivity index (χ1n) is 6.78. The standard InChI is InChI=1S/C14H14F3N3O3/c15-14(16,17)13-10(9-18-19-13)5-8-23-12(22)4-7-20-6-2-1-3-11(20)21/h1-3,6,9H,4-5,7-8H2,(H,18,19). The lowest BCUT2D eigenvalue weighted by Crippen LogP contribution is -2.20. The van der Waals surface area contributed by atoms with Crippen LogP contribution in [0.25, 0.3) is 0 Å². The minimum Gasteiger partial charge on any atom is -0.465 e. The van der Waals surface area contributed by atoms with Gasteiger partial charge in [-0.25, -0.2) is 0 Å². The molecule has 0 fully saturated rings. The molecule has 0 aliphatic rings. The van der Waals surface area contributed by atoms with Crippen LogP contribution in [0.2, 0.25) is 0 Å². The van der Waals surface area contributed by atoms with Gasteiger partial charge in [0.05, 0.1) is 19.2 Å². The zero-order chi connectivity index (χ0) is 16.9. The summed E-state index contributed by atoms with van der Waals surface area (Å²) in [6, 6.07) is 4.60. The lowest BCUT2D eigenvalue weighted by atomic mass is 10.2. The van der Waals surface area contributed by atoms with Gasteiger partial charge in [-0.05, 0) is 6.07 Å². The summed E-state index contributed by atoms with van der Waals surface area (Å²) < 4.78 is 44.0. The predicted molar refractivity (Wildman–Crippen MR) is 73.6 cm³/mol. The van der Waals surface area contributed by atoms with Crippen LogP contribution in [0.5, 0.6) is 0 Å². The average molecular weight is 329 g/mol. The average Bonchev–Trinajstić information content (AvgIpc) is 2.95. The van der Waals surface area contributed by atoms with Crippen LogP contribution in [-0.4, -0.2) is 27.3 Å². The Labute approximate surface area is 128 Å². The molecule has 2 rings (SSSR count). The molecule has 0 bridgehead atoms. The molecule has 0 aliphatic heterocycles. The van der Waals surface area contributed by atoms with Crippen molar-refractivity contribution < 1.29 is 22.7 Å². The number of rotatable bonds is 6. The van der Waals surface area contributed by atoms with Crippen molar-refractivity contribution >= 4 is 5.97 Å². The van der Waals surface area contributed by atoms with Crippen LogP contribution in [0.4, 0.5) is 13.2 Å². The fourth-order valence-electron chi connectivity index (χ4n) is 1.95. The first kappa shape index (κ1) is 16.8. The summed E-state index contributed by atoms with van der Waals surface area (Å²) in [4.78, 5) is 23.0. The zero-order valence-corrected chi connectivity index (χ0v) is 12.0. The van der Waals surface area contributed by atoms with E-state index in [4.69, 9.17) is 4.74 Å². The minimum absolute atomic E-state index is 0.0402. The smallest absolute Gasteiger partial charge is 0.433 e. The molecule has 2 aromatic rings. The number of aromatic nitrogens is 3. The largest absolute Gasteiger partial charge is 0.465 e. The van der Waals surface area contributed by atoms with Crippen molar-refractivity contribution in [3.05, 3.63) is 52.2 Å². The maximum Gasteiger partial charge on any atom is 0.433 e. The van der Waals surface area contributed by atoms with Crippen molar-refractivity contribution in [1.29, 1.82) is 0 Å². The normalized spacial score (nSPS) is 11.4. The molecule has 0 unspecified atom stereocenters. The Morgan fingerprint density at radius 2 is 2.13 bits per heavy atom. The zero-order valence-electron chi connectivity index (χ0n) is 12.0. The summed E-state index contributed by atoms with van der Waals surface area (Å²) in [7, 11) is 0. The number of H-pyrrole nitrogens is 1. The third-order valence-corrected chi connectivity index (χ3v) is 3.09. The number of halogens is 3. The molecule has 0 aliphatic carbocycles. The van der Waals surface area contributed by atoms with Gasteiger partial charge in [0.2, 0.25) is 0 Å². The van der Waals surface area contributed by atoms with Crippen LogP contribution in [0.15, 0.2) is 35.4 Å². The van der Waals surface area contributed by atoms with Crippen LogP contribution < -0.4 is 5.56 Å². The number of nitrogens with zero attached hydrogens (tertiary/aromatic N) is 2. The summed E-state index contributed by atoms with van der Waals surface area (Å²) in [6.45, 7) is -0.0385. The van der Waals surface area contributed by atoms with Crippen molar-refractivity contribution in [2.75, 3.05) is 6.61 Å². The highest BCUT2D eigenvalue weighted by atomic mass is 19.4. The number of hydrogen-bond acceptors (Lipinski definition) is 4. The van der Waals surface area contributed by atoms with E-state index in [0.717, 1.165) is 6.20 Å². The number of hydrogen-bond donors (Lipinski definition) is 1. The van der Waals surface area contributed by atoms with E-state index >= 15 is 0 Å². The van der Waals surface area contributed by atoms with E-state index in [1.54, 1.807) is 12.1 Å². The maximum absolute atomic E-state index is 12.6. The molecule has 23 heavy (non-hydrogen) atoms. The van der Waals surface area contributed by atoms with Crippen molar-refractivity contribution in [2.24, 2.45) is 0 Å². The second-order valence-electron chi connectivity index (χ2n) is 4.72. The number of nitrogens with one attached hydrogen (secondary N) is 1. The SMILES string of the molecule is O=C(CCn1ccccc1=O)OCCc1cn[nH]c1C(F)(F)F. The summed E-state index contributed by atoms with van der Waals surface area (Å²) in [5.74, 6) is -0.585. The quantitative estimate of drug-likeness (QED) is 0.820. The number of aryl methyl sites for hydroxylation is 1. The topological polar surface area (TPSA) is 77.0 Å². The molecule has 0 aromatic carbocycles. The predicted octanol–water partition coefficient (Wildman–Crippen LogP) is 1.77. The van der Waals surface area contributed by atoms with Crippen molar-refractivity contribution in [2.45, 2.75) is 25.6 Å². The van der Waals surface area contributed by atoms with Gasteiger partial charge in [-0.1, -0.05) is 6.07 Å². The van der Waals surface area contributed by atoms with Gasteiger partial charge < -0.3 is 9.30 Å². The summed E-state index contributed by atoms with van der Waals surface area (Å²) in [5, 5.41) is 5.23. The van der Waals surface area contributed by atoms with Crippen LogP contribution in [0.1, 0.15) is 17.7 Å². The van der Waals surface area contributed by atoms with Crippen molar-refractivity contribution in [1.82, 2.24) is 14.8 Å². The number of aromatic amines is 1. The van der Waals surface area contributed by atoms with E-state index in [-0.39, 0.29) is 37.1 Å². The second kappa shape index (κ2) is 7.12. The van der Waals surface area contributed by atoms with Gasteiger partial charge >= 0.3 is 12.1 Å². The van der Waals surface area contributed by atoms with Crippen LogP contribution in [0.3, 0.4) is 0 Å². The molecule has 0 radical (unpaired) electrons. The van der Waals surface area contributed by atoms with E-state index < -0.39 is 17.8 Å². The number of alkyl halides is 3. The van der Waals surface area contributed by atoms with Crippen LogP contribution >= 0.6 is 0 Å². The molecule has 9 heteroatoms. The monoisotopic (exact) mass is 329 g/mol. The molecule has 0 saturated carbocycles. The van der Waals surface area contributed by atoms with Gasteiger partial charge in [0, 0.05) is 30.8 Å². The highest BCUT2D eigenvalue weighted by molar-refractivity contribution is 5.69. The number of esters is 1. The Morgan fingerprint density at radius 1 is 1.35 bits per heavy atom. The molecule has 2 heterocycles. The van der Waals surface area contributed by atoms with E-state index in [9.17, 15) is 22.8 Å². The molecule has 6 nitrogen and oxygen atoms in total. The number of carbonyl (C=O) groups excluding carboxylic acids is 1. The second-order valence-corrected chi connectivity index (χ2v) is 4.72. The van der Waals surface area contributed by atoms with Gasteiger partial charge in [-0.15, -0.1) is 0 Å². The third-order valence-electron chi connectivity index (χ3n) is 3.09.